The Hall–Kier alpha value is -2.66. The summed E-state index contributed by atoms with van der Waals surface area (Å²) in [6.45, 7) is 18.1. The highest BCUT2D eigenvalue weighted by atomic mass is 16.5. The van der Waals surface area contributed by atoms with Gasteiger partial charge in [0.2, 0.25) is 11.8 Å². The molecule has 0 aliphatic heterocycles. The first-order valence-electron chi connectivity index (χ1n) is 13.6. The maximum absolute atomic E-state index is 13.0. The van der Waals surface area contributed by atoms with Gasteiger partial charge in [-0.2, -0.15) is 0 Å². The van der Waals surface area contributed by atoms with Gasteiger partial charge in [0.05, 0.1) is 13.2 Å². The summed E-state index contributed by atoms with van der Waals surface area (Å²) in [5.41, 5.74) is 1.85. The molecule has 0 radical (unpaired) electrons. The van der Waals surface area contributed by atoms with Crippen molar-refractivity contribution in [3.05, 3.63) is 71.8 Å². The molecular weight excluding hydrogens is 460 g/mol. The molecule has 0 fully saturated rings. The van der Waals surface area contributed by atoms with E-state index in [1.54, 1.807) is 0 Å². The highest BCUT2D eigenvalue weighted by molar-refractivity contribution is 5.78. The molecule has 0 spiro atoms. The van der Waals surface area contributed by atoms with Crippen molar-refractivity contribution in [1.29, 1.82) is 0 Å². The lowest BCUT2D eigenvalue weighted by atomic mass is 9.91. The van der Waals surface area contributed by atoms with Crippen LogP contribution in [0.5, 0.6) is 0 Å². The molecule has 0 aromatic heterocycles. The van der Waals surface area contributed by atoms with Crippen LogP contribution in [0.1, 0.15) is 72.4 Å². The second-order valence-electron chi connectivity index (χ2n) is 12.1. The van der Waals surface area contributed by atoms with Gasteiger partial charge in [0.1, 0.15) is 0 Å². The number of hydrogen-bond acceptors (Lipinski definition) is 3. The summed E-state index contributed by atoms with van der Waals surface area (Å²) >= 11 is 0. The monoisotopic (exact) mass is 508 g/mol. The third-order valence-electron chi connectivity index (χ3n) is 6.28. The second kappa shape index (κ2) is 14.3. The minimum Gasteiger partial charge on any atom is -0.380 e. The summed E-state index contributed by atoms with van der Waals surface area (Å²) in [7, 11) is 0. The summed E-state index contributed by atoms with van der Waals surface area (Å²) < 4.78 is 6.27. The highest BCUT2D eigenvalue weighted by Gasteiger charge is 2.29. The Morgan fingerprint density at radius 1 is 0.757 bits per heavy atom. The molecule has 37 heavy (non-hydrogen) atoms. The Morgan fingerprint density at radius 2 is 1.19 bits per heavy atom. The minimum atomic E-state index is -0.211. The lowest BCUT2D eigenvalue weighted by Gasteiger charge is -2.36. The molecule has 5 heteroatoms. The van der Waals surface area contributed by atoms with Gasteiger partial charge in [0.15, 0.2) is 0 Å². The lowest BCUT2D eigenvalue weighted by molar-refractivity contribution is -0.137. The fourth-order valence-electron chi connectivity index (χ4n) is 4.52. The number of ether oxygens (including phenoxy) is 1. The predicted octanol–water partition coefficient (Wildman–Crippen LogP) is 6.57. The van der Waals surface area contributed by atoms with Crippen LogP contribution in [0, 0.1) is 16.7 Å². The molecule has 5 nitrogen and oxygen atoms in total. The van der Waals surface area contributed by atoms with Crippen molar-refractivity contribution in [3.8, 4) is 0 Å². The van der Waals surface area contributed by atoms with E-state index < -0.39 is 0 Å². The van der Waals surface area contributed by atoms with Crippen LogP contribution < -0.4 is 0 Å². The van der Waals surface area contributed by atoms with E-state index in [9.17, 15) is 9.59 Å². The molecule has 0 heterocycles. The number of benzene rings is 2. The van der Waals surface area contributed by atoms with Crippen LogP contribution >= 0.6 is 0 Å². The van der Waals surface area contributed by atoms with Gasteiger partial charge in [-0.1, -0.05) is 109 Å². The largest absolute Gasteiger partial charge is 0.380 e. The van der Waals surface area contributed by atoms with Gasteiger partial charge in [0.25, 0.3) is 0 Å². The summed E-state index contributed by atoms with van der Waals surface area (Å²) in [5, 5.41) is 0. The van der Waals surface area contributed by atoms with Crippen LogP contribution in [0.4, 0.5) is 0 Å². The molecule has 0 N–H and O–H groups in total. The molecule has 0 saturated heterocycles. The molecule has 2 amide bonds. The van der Waals surface area contributed by atoms with Crippen LogP contribution in [0.15, 0.2) is 60.7 Å². The van der Waals surface area contributed by atoms with E-state index in [2.05, 4.69) is 52.0 Å². The van der Waals surface area contributed by atoms with Gasteiger partial charge >= 0.3 is 0 Å². The van der Waals surface area contributed by atoms with E-state index in [1.807, 2.05) is 67.0 Å². The van der Waals surface area contributed by atoms with Crippen LogP contribution in [-0.4, -0.2) is 47.9 Å². The fourth-order valence-corrected chi connectivity index (χ4v) is 4.52. The smallest absolute Gasteiger partial charge is 0.225 e. The van der Waals surface area contributed by atoms with E-state index in [0.29, 0.717) is 45.8 Å². The zero-order valence-electron chi connectivity index (χ0n) is 24.1. The minimum absolute atomic E-state index is 0.0596. The van der Waals surface area contributed by atoms with Gasteiger partial charge in [-0.3, -0.25) is 9.59 Å². The number of carbonyl (C=O) groups excluding carboxylic acids is 2. The predicted molar refractivity (Wildman–Crippen MR) is 152 cm³/mol. The van der Waals surface area contributed by atoms with Crippen molar-refractivity contribution in [2.24, 2.45) is 16.7 Å². The Kier molecular flexibility index (Phi) is 11.8. The van der Waals surface area contributed by atoms with Crippen LogP contribution in [0.25, 0.3) is 0 Å². The molecule has 2 rings (SSSR count). The molecule has 2 aromatic rings. The number of hydrogen-bond donors (Lipinski definition) is 0. The Bertz CT molecular complexity index is 955. The first kappa shape index (κ1) is 30.6. The zero-order valence-corrected chi connectivity index (χ0v) is 24.1. The normalized spacial score (nSPS) is 12.0. The van der Waals surface area contributed by atoms with E-state index in [4.69, 9.17) is 4.74 Å². The summed E-state index contributed by atoms with van der Waals surface area (Å²) in [6.07, 6.45) is 1.39. The Labute approximate surface area is 225 Å². The summed E-state index contributed by atoms with van der Waals surface area (Å²) in [4.78, 5) is 29.8. The summed E-state index contributed by atoms with van der Waals surface area (Å²) in [6, 6.07) is 20.3. The van der Waals surface area contributed by atoms with Crippen LogP contribution in [0.3, 0.4) is 0 Å². The van der Waals surface area contributed by atoms with Gasteiger partial charge < -0.3 is 14.5 Å². The average molecular weight is 509 g/mol. The van der Waals surface area contributed by atoms with Gasteiger partial charge in [-0.25, -0.2) is 0 Å². The third-order valence-corrected chi connectivity index (χ3v) is 6.28. The first-order valence-corrected chi connectivity index (χ1v) is 13.6. The van der Waals surface area contributed by atoms with Gasteiger partial charge in [-0.15, -0.1) is 0 Å². The standard InChI is InChI=1S/C32H48N2O3/c1-8-15-29(35)33(20-27-16-11-9-12-17-27)22-31(4,5)24-37-25-32(6,7)23-34(30(36)26(2)3)21-28-18-13-10-14-19-28/h9-14,16-19,26H,8,15,20-25H2,1-7H3. The van der Waals surface area contributed by atoms with Crippen molar-refractivity contribution in [3.63, 3.8) is 0 Å². The molecule has 0 bridgehead atoms. The van der Waals surface area contributed by atoms with Crippen molar-refractivity contribution in [2.45, 2.75) is 74.4 Å². The highest BCUT2D eigenvalue weighted by Crippen LogP contribution is 2.25. The molecule has 0 aliphatic rings. The maximum atomic E-state index is 13.0. The zero-order chi connectivity index (χ0) is 27.5. The molecular formula is C32H48N2O3. The van der Waals surface area contributed by atoms with Crippen LogP contribution in [-0.2, 0) is 27.4 Å². The Balaban J connectivity index is 1.99. The third kappa shape index (κ3) is 11.1. The van der Waals surface area contributed by atoms with Crippen molar-refractivity contribution >= 4 is 11.8 Å². The molecule has 204 valence electrons. The number of amides is 2. The maximum Gasteiger partial charge on any atom is 0.225 e. The van der Waals surface area contributed by atoms with E-state index in [1.165, 1.54) is 0 Å². The SMILES string of the molecule is CCCC(=O)N(Cc1ccccc1)CC(C)(C)COCC(C)(C)CN(Cc1ccccc1)C(=O)C(C)C. The van der Waals surface area contributed by atoms with Crippen molar-refractivity contribution < 1.29 is 14.3 Å². The molecule has 0 unspecified atom stereocenters. The molecule has 0 aliphatic carbocycles. The average Bonchev–Trinajstić information content (AvgIpc) is 2.83. The summed E-state index contributed by atoms with van der Waals surface area (Å²) in [5.74, 6) is 0.280. The fraction of sp³-hybridized carbons (Fsp3) is 0.562. The van der Waals surface area contributed by atoms with E-state index >= 15 is 0 Å². The van der Waals surface area contributed by atoms with Crippen LogP contribution in [0.2, 0.25) is 0 Å². The first-order chi connectivity index (χ1) is 17.4. The van der Waals surface area contributed by atoms with Crippen molar-refractivity contribution in [2.75, 3.05) is 26.3 Å². The van der Waals surface area contributed by atoms with Crippen molar-refractivity contribution in [1.82, 2.24) is 9.80 Å². The second-order valence-corrected chi connectivity index (χ2v) is 12.1. The molecule has 0 saturated carbocycles. The number of carbonyl (C=O) groups is 2. The van der Waals surface area contributed by atoms with Gasteiger partial charge in [-0.05, 0) is 17.5 Å². The van der Waals surface area contributed by atoms with E-state index in [0.717, 1.165) is 17.5 Å². The lowest BCUT2D eigenvalue weighted by Crippen LogP contribution is -2.43. The topological polar surface area (TPSA) is 49.9 Å². The molecule has 0 atom stereocenters. The quantitative estimate of drug-likeness (QED) is 0.273. The molecule has 2 aromatic carbocycles. The number of rotatable bonds is 15. The van der Waals surface area contributed by atoms with E-state index in [-0.39, 0.29) is 28.6 Å². The number of nitrogens with zero attached hydrogens (tertiary/aromatic N) is 2. The Morgan fingerprint density at radius 3 is 1.62 bits per heavy atom. The van der Waals surface area contributed by atoms with Gasteiger partial charge in [0, 0.05) is 49.3 Å².